The number of aliphatic carboxylic acids is 1. The Morgan fingerprint density at radius 2 is 2.16 bits per heavy atom. The number of ether oxygens (including phenoxy) is 1. The zero-order chi connectivity index (χ0) is 22.7. The fraction of sp³-hybridized carbons (Fsp3) is 0.143. The van der Waals surface area contributed by atoms with Crippen LogP contribution in [-0.4, -0.2) is 46.0 Å². The smallest absolute Gasteiger partial charge is 0.328 e. The normalized spacial score (nSPS) is 11.9. The fourth-order valence-corrected chi connectivity index (χ4v) is 4.07. The second-order valence-electron chi connectivity index (χ2n) is 6.73. The van der Waals surface area contributed by atoms with Gasteiger partial charge in [0.2, 0.25) is 0 Å². The zero-order valence-electron chi connectivity index (χ0n) is 16.7. The third kappa shape index (κ3) is 4.90. The van der Waals surface area contributed by atoms with E-state index in [0.717, 1.165) is 16.0 Å². The lowest BCUT2D eigenvalue weighted by molar-refractivity contribution is -0.140. The first kappa shape index (κ1) is 21.8. The molecule has 1 atom stereocenters. The molecule has 0 saturated carbocycles. The summed E-state index contributed by atoms with van der Waals surface area (Å²) in [5.74, 6) is -1.16. The Balaban J connectivity index is 1.50. The van der Waals surface area contributed by atoms with Gasteiger partial charge in [0.15, 0.2) is 10.9 Å². The van der Waals surface area contributed by atoms with Crippen molar-refractivity contribution in [3.05, 3.63) is 60.1 Å². The number of fused-ring (bicyclic) bond motifs is 1. The van der Waals surface area contributed by atoms with Crippen molar-refractivity contribution in [2.24, 2.45) is 0 Å². The molecular formula is C21H17FN4O4S2. The molecule has 2 aromatic carbocycles. The maximum absolute atomic E-state index is 13.4. The predicted molar refractivity (Wildman–Crippen MR) is 123 cm³/mol. The molecule has 2 aromatic heterocycles. The standard InChI is InChI=1S/C21H17FN4O4S2/c1-29-10-16(20(27)28)24-19(31)17-9-15(26-30-17)11-3-2-4-13(7-11)23-21-25-14-6-5-12(22)8-18(14)32-21/h2-9,16H,10H2,1H3,(H,23,25)(H,24,31)(H,27,28)/t16-/m0/s1. The van der Waals surface area contributed by atoms with Gasteiger partial charge in [-0.05, 0) is 30.3 Å². The molecule has 0 aliphatic rings. The fourth-order valence-electron chi connectivity index (χ4n) is 2.92. The van der Waals surface area contributed by atoms with Crippen LogP contribution in [0.3, 0.4) is 0 Å². The van der Waals surface area contributed by atoms with Crippen molar-refractivity contribution in [1.29, 1.82) is 0 Å². The molecule has 32 heavy (non-hydrogen) atoms. The van der Waals surface area contributed by atoms with Crippen molar-refractivity contribution in [2.45, 2.75) is 6.04 Å². The van der Waals surface area contributed by atoms with Gasteiger partial charge in [-0.25, -0.2) is 14.2 Å². The minimum Gasteiger partial charge on any atom is -0.480 e. The van der Waals surface area contributed by atoms with Crippen LogP contribution in [0.5, 0.6) is 0 Å². The first-order chi connectivity index (χ1) is 15.4. The average Bonchev–Trinajstić information content (AvgIpc) is 3.40. The monoisotopic (exact) mass is 472 g/mol. The van der Waals surface area contributed by atoms with Crippen LogP contribution in [0.1, 0.15) is 5.76 Å². The van der Waals surface area contributed by atoms with E-state index in [1.807, 2.05) is 24.3 Å². The quantitative estimate of drug-likeness (QED) is 0.325. The summed E-state index contributed by atoms with van der Waals surface area (Å²) < 4.78 is 24.3. The molecule has 2 heterocycles. The van der Waals surface area contributed by atoms with Crippen LogP contribution in [0.25, 0.3) is 21.5 Å². The third-order valence-corrected chi connectivity index (χ3v) is 5.68. The summed E-state index contributed by atoms with van der Waals surface area (Å²) in [5.41, 5.74) is 2.76. The van der Waals surface area contributed by atoms with Gasteiger partial charge in [-0.15, -0.1) is 0 Å². The van der Waals surface area contributed by atoms with Crippen molar-refractivity contribution in [3.8, 4) is 11.3 Å². The first-order valence-electron chi connectivity index (χ1n) is 9.36. The minimum absolute atomic E-state index is 0.0530. The van der Waals surface area contributed by atoms with Gasteiger partial charge in [0, 0.05) is 24.4 Å². The molecule has 4 rings (SSSR count). The number of hydrogen-bond donors (Lipinski definition) is 3. The van der Waals surface area contributed by atoms with Crippen molar-refractivity contribution in [3.63, 3.8) is 0 Å². The van der Waals surface area contributed by atoms with Gasteiger partial charge in [-0.2, -0.15) is 0 Å². The van der Waals surface area contributed by atoms with Gasteiger partial charge in [0.05, 0.1) is 16.8 Å². The van der Waals surface area contributed by atoms with Crippen LogP contribution < -0.4 is 10.6 Å². The van der Waals surface area contributed by atoms with E-state index in [-0.39, 0.29) is 23.2 Å². The van der Waals surface area contributed by atoms with Crippen LogP contribution in [0, 0.1) is 5.82 Å². The van der Waals surface area contributed by atoms with Gasteiger partial charge >= 0.3 is 5.97 Å². The van der Waals surface area contributed by atoms with Gasteiger partial charge in [-0.1, -0.05) is 40.8 Å². The number of halogens is 1. The average molecular weight is 473 g/mol. The lowest BCUT2D eigenvalue weighted by Gasteiger charge is -2.13. The highest BCUT2D eigenvalue weighted by atomic mass is 32.1. The number of carboxylic acids is 1. The molecule has 0 spiro atoms. The van der Waals surface area contributed by atoms with Crippen molar-refractivity contribution >= 4 is 55.5 Å². The molecule has 164 valence electrons. The summed E-state index contributed by atoms with van der Waals surface area (Å²) in [5, 5.41) is 19.8. The maximum Gasteiger partial charge on any atom is 0.328 e. The molecule has 4 aromatic rings. The molecule has 0 aliphatic carbocycles. The van der Waals surface area contributed by atoms with Crippen LogP contribution in [-0.2, 0) is 9.53 Å². The number of methoxy groups -OCH3 is 1. The number of hydrogen-bond acceptors (Lipinski definition) is 8. The van der Waals surface area contributed by atoms with E-state index < -0.39 is 12.0 Å². The summed E-state index contributed by atoms with van der Waals surface area (Å²) in [7, 11) is 1.40. The van der Waals surface area contributed by atoms with Gasteiger partial charge in [0.25, 0.3) is 0 Å². The molecule has 8 nitrogen and oxygen atoms in total. The Kier molecular flexibility index (Phi) is 6.40. The number of anilines is 2. The van der Waals surface area contributed by atoms with E-state index in [9.17, 15) is 14.3 Å². The first-order valence-corrected chi connectivity index (χ1v) is 10.6. The number of rotatable bonds is 8. The molecule has 0 fully saturated rings. The molecular weight excluding hydrogens is 455 g/mol. The lowest BCUT2D eigenvalue weighted by atomic mass is 10.1. The molecule has 0 radical (unpaired) electrons. The number of aromatic nitrogens is 2. The van der Waals surface area contributed by atoms with Crippen molar-refractivity contribution in [2.75, 3.05) is 19.0 Å². The summed E-state index contributed by atoms with van der Waals surface area (Å²) in [6, 6.07) is 12.5. The summed E-state index contributed by atoms with van der Waals surface area (Å²) in [4.78, 5) is 15.8. The van der Waals surface area contributed by atoms with E-state index in [2.05, 4.69) is 20.8 Å². The van der Waals surface area contributed by atoms with E-state index in [1.165, 1.54) is 30.6 Å². The number of carboxylic acid groups (broad SMARTS) is 1. The zero-order valence-corrected chi connectivity index (χ0v) is 18.3. The van der Waals surface area contributed by atoms with Gasteiger partial charge < -0.3 is 25.0 Å². The molecule has 0 unspecified atom stereocenters. The third-order valence-electron chi connectivity index (χ3n) is 4.43. The Labute approximate surface area is 191 Å². The number of nitrogens with one attached hydrogen (secondary N) is 2. The van der Waals surface area contributed by atoms with Crippen LogP contribution >= 0.6 is 23.6 Å². The highest BCUT2D eigenvalue weighted by molar-refractivity contribution is 7.80. The Hall–Kier alpha value is -3.41. The number of carbonyl (C=O) groups is 1. The highest BCUT2D eigenvalue weighted by Crippen LogP contribution is 2.30. The van der Waals surface area contributed by atoms with E-state index in [1.54, 1.807) is 12.1 Å². The van der Waals surface area contributed by atoms with Gasteiger partial charge in [0.1, 0.15) is 22.5 Å². The molecule has 11 heteroatoms. The number of thiocarbonyl (C=S) groups is 1. The number of thiazole rings is 1. The Morgan fingerprint density at radius 3 is 2.94 bits per heavy atom. The lowest BCUT2D eigenvalue weighted by Crippen LogP contribution is -2.43. The molecule has 0 amide bonds. The van der Waals surface area contributed by atoms with E-state index in [4.69, 9.17) is 21.5 Å². The topological polar surface area (TPSA) is 110 Å². The number of benzene rings is 2. The summed E-state index contributed by atoms with van der Waals surface area (Å²) in [6.45, 7) is -0.0530. The molecule has 3 N–H and O–H groups in total. The van der Waals surface area contributed by atoms with Crippen LogP contribution in [0.2, 0.25) is 0 Å². The van der Waals surface area contributed by atoms with E-state index in [0.29, 0.717) is 16.3 Å². The van der Waals surface area contributed by atoms with Crippen molar-refractivity contribution in [1.82, 2.24) is 15.5 Å². The van der Waals surface area contributed by atoms with E-state index >= 15 is 0 Å². The second-order valence-corrected chi connectivity index (χ2v) is 8.17. The summed E-state index contributed by atoms with van der Waals surface area (Å²) in [6.07, 6.45) is 0. The predicted octanol–water partition coefficient (Wildman–Crippen LogP) is 4.20. The summed E-state index contributed by atoms with van der Waals surface area (Å²) >= 11 is 6.58. The number of nitrogens with zero attached hydrogens (tertiary/aromatic N) is 2. The highest BCUT2D eigenvalue weighted by Gasteiger charge is 2.21. The Morgan fingerprint density at radius 1 is 1.31 bits per heavy atom. The minimum atomic E-state index is -1.09. The van der Waals surface area contributed by atoms with Gasteiger partial charge in [-0.3, -0.25) is 0 Å². The second kappa shape index (κ2) is 9.39. The molecule has 0 bridgehead atoms. The Bertz CT molecular complexity index is 1290. The largest absolute Gasteiger partial charge is 0.480 e. The maximum atomic E-state index is 13.4. The van der Waals surface area contributed by atoms with Crippen LogP contribution in [0.4, 0.5) is 15.2 Å². The SMILES string of the molecule is COC[C@H](NC(=S)c1cc(-c2cccc(Nc3nc4ccc(F)cc4s3)c2)no1)C(=O)O. The van der Waals surface area contributed by atoms with Crippen LogP contribution in [0.15, 0.2) is 53.1 Å². The molecule has 0 aliphatic heterocycles. The molecule has 0 saturated heterocycles. The van der Waals surface area contributed by atoms with Crippen molar-refractivity contribution < 1.29 is 23.6 Å².